The molecule has 0 heterocycles. The highest BCUT2D eigenvalue weighted by molar-refractivity contribution is 6.30. The van der Waals surface area contributed by atoms with Crippen molar-refractivity contribution in [2.75, 3.05) is 19.7 Å². The molecule has 3 unspecified atom stereocenters. The molecule has 4 nitrogen and oxygen atoms in total. The maximum absolute atomic E-state index is 9.88. The standard InChI is InChI=1S/C16H24ClNO3/c17-13-4-6-16(7-5-13)21-11-15(20)10-18-9-12-2-1-3-14(19)8-12/h4-7,12,14-15,18-20H,1-3,8-11H2. The Balaban J connectivity index is 1.59. The largest absolute Gasteiger partial charge is 0.491 e. The van der Waals surface area contributed by atoms with Crippen molar-refractivity contribution in [2.24, 2.45) is 5.92 Å². The Morgan fingerprint density at radius 3 is 2.76 bits per heavy atom. The van der Waals surface area contributed by atoms with Crippen LogP contribution in [0.1, 0.15) is 25.7 Å². The van der Waals surface area contributed by atoms with Crippen molar-refractivity contribution in [1.29, 1.82) is 0 Å². The Hall–Kier alpha value is -0.810. The van der Waals surface area contributed by atoms with Gasteiger partial charge < -0.3 is 20.3 Å². The highest BCUT2D eigenvalue weighted by Gasteiger charge is 2.19. The highest BCUT2D eigenvalue weighted by Crippen LogP contribution is 2.23. The summed E-state index contributed by atoms with van der Waals surface area (Å²) in [6.45, 7) is 1.59. The predicted octanol–water partition coefficient (Wildman–Crippen LogP) is 2.22. The van der Waals surface area contributed by atoms with E-state index in [0.717, 1.165) is 32.2 Å². The molecular formula is C16H24ClNO3. The smallest absolute Gasteiger partial charge is 0.119 e. The van der Waals surface area contributed by atoms with Gasteiger partial charge in [0.2, 0.25) is 0 Å². The van der Waals surface area contributed by atoms with E-state index in [1.807, 2.05) is 0 Å². The van der Waals surface area contributed by atoms with E-state index < -0.39 is 6.10 Å². The lowest BCUT2D eigenvalue weighted by atomic mass is 9.87. The van der Waals surface area contributed by atoms with Crippen LogP contribution in [-0.4, -0.2) is 42.1 Å². The molecule has 0 aliphatic heterocycles. The predicted molar refractivity (Wildman–Crippen MR) is 83.8 cm³/mol. The minimum absolute atomic E-state index is 0.149. The van der Waals surface area contributed by atoms with E-state index in [9.17, 15) is 10.2 Å². The first-order chi connectivity index (χ1) is 10.1. The van der Waals surface area contributed by atoms with Gasteiger partial charge in [-0.15, -0.1) is 0 Å². The van der Waals surface area contributed by atoms with Crippen molar-refractivity contribution in [3.63, 3.8) is 0 Å². The molecule has 0 amide bonds. The van der Waals surface area contributed by atoms with Gasteiger partial charge in [-0.3, -0.25) is 0 Å². The second kappa shape index (κ2) is 8.59. The van der Waals surface area contributed by atoms with Crippen molar-refractivity contribution in [1.82, 2.24) is 5.32 Å². The quantitative estimate of drug-likeness (QED) is 0.722. The SMILES string of the molecule is OC(CNCC1CCCC(O)C1)COc1ccc(Cl)cc1. The average molecular weight is 314 g/mol. The van der Waals surface area contributed by atoms with Gasteiger partial charge in [0, 0.05) is 11.6 Å². The fourth-order valence-corrected chi connectivity index (χ4v) is 2.81. The van der Waals surface area contributed by atoms with Gasteiger partial charge in [0.25, 0.3) is 0 Å². The number of nitrogens with one attached hydrogen (secondary N) is 1. The van der Waals surface area contributed by atoms with Crippen LogP contribution >= 0.6 is 11.6 Å². The van der Waals surface area contributed by atoms with Crippen LogP contribution in [0.2, 0.25) is 5.02 Å². The summed E-state index contributed by atoms with van der Waals surface area (Å²) >= 11 is 5.79. The maximum Gasteiger partial charge on any atom is 0.119 e. The van der Waals surface area contributed by atoms with E-state index in [0.29, 0.717) is 23.2 Å². The summed E-state index contributed by atoms with van der Waals surface area (Å²) in [5.74, 6) is 1.21. The molecule has 2 rings (SSSR count). The first-order valence-electron chi connectivity index (χ1n) is 7.58. The van der Waals surface area contributed by atoms with Crippen LogP contribution in [0.15, 0.2) is 24.3 Å². The van der Waals surface area contributed by atoms with Crippen molar-refractivity contribution in [3.05, 3.63) is 29.3 Å². The van der Waals surface area contributed by atoms with Crippen LogP contribution < -0.4 is 10.1 Å². The van der Waals surface area contributed by atoms with Gasteiger partial charge in [-0.25, -0.2) is 0 Å². The van der Waals surface area contributed by atoms with Crippen LogP contribution in [0.3, 0.4) is 0 Å². The lowest BCUT2D eigenvalue weighted by Crippen LogP contribution is -2.36. The Kier molecular flexibility index (Phi) is 6.77. The molecule has 1 aromatic rings. The summed E-state index contributed by atoms with van der Waals surface area (Å²) in [6.07, 6.45) is 3.34. The third-order valence-electron chi connectivity index (χ3n) is 3.82. The van der Waals surface area contributed by atoms with E-state index in [2.05, 4.69) is 5.32 Å². The Bertz CT molecular complexity index is 412. The Morgan fingerprint density at radius 1 is 1.29 bits per heavy atom. The third-order valence-corrected chi connectivity index (χ3v) is 4.08. The summed E-state index contributed by atoms with van der Waals surface area (Å²) in [4.78, 5) is 0. The number of benzene rings is 1. The minimum atomic E-state index is -0.547. The molecule has 1 fully saturated rings. The lowest BCUT2D eigenvalue weighted by molar-refractivity contribution is 0.0904. The average Bonchev–Trinajstić information content (AvgIpc) is 2.47. The zero-order valence-electron chi connectivity index (χ0n) is 12.2. The normalized spacial score (nSPS) is 23.8. The van der Waals surface area contributed by atoms with Crippen LogP contribution in [-0.2, 0) is 0 Å². The van der Waals surface area contributed by atoms with Gasteiger partial charge in [0.05, 0.1) is 6.10 Å². The number of hydrogen-bond acceptors (Lipinski definition) is 4. The fourth-order valence-electron chi connectivity index (χ4n) is 2.68. The molecule has 0 bridgehead atoms. The summed E-state index contributed by atoms with van der Waals surface area (Å²) in [5.41, 5.74) is 0. The molecule has 1 aromatic carbocycles. The zero-order chi connectivity index (χ0) is 15.1. The number of aliphatic hydroxyl groups excluding tert-OH is 2. The Labute approximate surface area is 131 Å². The van der Waals surface area contributed by atoms with Gasteiger partial charge in [0.15, 0.2) is 0 Å². The summed E-state index contributed by atoms with van der Waals surface area (Å²) in [5, 5.41) is 23.4. The highest BCUT2D eigenvalue weighted by atomic mass is 35.5. The monoisotopic (exact) mass is 313 g/mol. The van der Waals surface area contributed by atoms with E-state index >= 15 is 0 Å². The number of hydrogen-bond donors (Lipinski definition) is 3. The van der Waals surface area contributed by atoms with Crippen LogP contribution in [0.25, 0.3) is 0 Å². The third kappa shape index (κ3) is 6.22. The van der Waals surface area contributed by atoms with Crippen molar-refractivity contribution < 1.29 is 14.9 Å². The van der Waals surface area contributed by atoms with E-state index in [-0.39, 0.29) is 12.7 Å². The molecule has 0 aromatic heterocycles. The number of ether oxygens (including phenoxy) is 1. The molecule has 0 radical (unpaired) electrons. The minimum Gasteiger partial charge on any atom is -0.491 e. The summed E-state index contributed by atoms with van der Waals surface area (Å²) in [7, 11) is 0. The molecule has 3 atom stereocenters. The number of halogens is 1. The molecule has 0 saturated heterocycles. The lowest BCUT2D eigenvalue weighted by Gasteiger charge is -2.26. The van der Waals surface area contributed by atoms with E-state index in [1.165, 1.54) is 0 Å². The van der Waals surface area contributed by atoms with Crippen LogP contribution in [0, 0.1) is 5.92 Å². The second-order valence-electron chi connectivity index (χ2n) is 5.76. The van der Waals surface area contributed by atoms with Gasteiger partial charge in [-0.1, -0.05) is 18.0 Å². The molecule has 118 valence electrons. The topological polar surface area (TPSA) is 61.7 Å². The molecule has 1 aliphatic carbocycles. The second-order valence-corrected chi connectivity index (χ2v) is 6.20. The molecule has 21 heavy (non-hydrogen) atoms. The van der Waals surface area contributed by atoms with Gasteiger partial charge in [0.1, 0.15) is 18.5 Å². The molecule has 1 saturated carbocycles. The van der Waals surface area contributed by atoms with Crippen LogP contribution in [0.5, 0.6) is 5.75 Å². The van der Waals surface area contributed by atoms with E-state index in [4.69, 9.17) is 16.3 Å². The van der Waals surface area contributed by atoms with Crippen molar-refractivity contribution in [2.45, 2.75) is 37.9 Å². The first kappa shape index (κ1) is 16.6. The molecule has 3 N–H and O–H groups in total. The van der Waals surface area contributed by atoms with Crippen LogP contribution in [0.4, 0.5) is 0 Å². The maximum atomic E-state index is 9.88. The number of aliphatic hydroxyl groups is 2. The van der Waals surface area contributed by atoms with Crippen molar-refractivity contribution in [3.8, 4) is 5.75 Å². The zero-order valence-corrected chi connectivity index (χ0v) is 12.9. The van der Waals surface area contributed by atoms with Crippen molar-refractivity contribution >= 4 is 11.6 Å². The molecular weight excluding hydrogens is 290 g/mol. The first-order valence-corrected chi connectivity index (χ1v) is 7.96. The van der Waals surface area contributed by atoms with Gasteiger partial charge in [-0.05, 0) is 56.0 Å². The molecule has 0 spiro atoms. The summed E-state index contributed by atoms with van der Waals surface area (Å²) in [6, 6.07) is 7.09. The molecule has 5 heteroatoms. The van der Waals surface area contributed by atoms with E-state index in [1.54, 1.807) is 24.3 Å². The fraction of sp³-hybridized carbons (Fsp3) is 0.625. The summed E-state index contributed by atoms with van der Waals surface area (Å²) < 4.78 is 5.49. The molecule has 1 aliphatic rings. The van der Waals surface area contributed by atoms with Gasteiger partial charge in [-0.2, -0.15) is 0 Å². The van der Waals surface area contributed by atoms with Gasteiger partial charge >= 0.3 is 0 Å². The Morgan fingerprint density at radius 2 is 2.05 bits per heavy atom. The number of rotatable bonds is 7.